The Morgan fingerprint density at radius 1 is 1.29 bits per heavy atom. The van der Waals surface area contributed by atoms with Crippen LogP contribution in [0.15, 0.2) is 47.6 Å². The fourth-order valence-corrected chi connectivity index (χ4v) is 3.47. The number of hydrogen-bond donors (Lipinski definition) is 0. The summed E-state index contributed by atoms with van der Waals surface area (Å²) in [5.41, 5.74) is 3.47. The Hall–Kier alpha value is -1.81. The molecule has 1 aromatic carbocycles. The van der Waals surface area contributed by atoms with Gasteiger partial charge >= 0.3 is 0 Å². The molecule has 0 unspecified atom stereocenters. The monoisotopic (exact) mass is 298 g/mol. The second-order valence-electron chi connectivity index (χ2n) is 5.19. The van der Waals surface area contributed by atoms with Crippen LogP contribution < -0.4 is 4.90 Å². The molecule has 1 amide bonds. The van der Waals surface area contributed by atoms with Gasteiger partial charge in [0.1, 0.15) is 0 Å². The molecule has 0 bridgehead atoms. The smallest absolute Gasteiger partial charge is 0.237 e. The first-order valence-corrected chi connectivity index (χ1v) is 8.17. The second kappa shape index (κ2) is 6.31. The molecule has 0 radical (unpaired) electrons. The quantitative estimate of drug-likeness (QED) is 0.814. The highest BCUT2D eigenvalue weighted by atomic mass is 32.2. The Morgan fingerprint density at radius 2 is 2.14 bits per heavy atom. The number of anilines is 1. The first-order chi connectivity index (χ1) is 10.3. The average Bonchev–Trinajstić information content (AvgIpc) is 2.53. The maximum absolute atomic E-state index is 12.5. The number of carbonyl (C=O) groups excluding carboxylic acids is 1. The minimum Gasteiger partial charge on any atom is -0.311 e. The zero-order valence-corrected chi connectivity index (χ0v) is 12.9. The number of aryl methyl sites for hydroxylation is 2. The van der Waals surface area contributed by atoms with Crippen LogP contribution in [0.3, 0.4) is 0 Å². The van der Waals surface area contributed by atoms with Crippen LogP contribution in [0.5, 0.6) is 0 Å². The van der Waals surface area contributed by atoms with E-state index in [2.05, 4.69) is 11.1 Å². The summed E-state index contributed by atoms with van der Waals surface area (Å²) in [5.74, 6) is 0.601. The molecule has 0 saturated carbocycles. The summed E-state index contributed by atoms with van der Waals surface area (Å²) in [5, 5.41) is 0.941. The van der Waals surface area contributed by atoms with Crippen molar-refractivity contribution < 1.29 is 4.79 Å². The SMILES string of the molecule is Cc1cccnc1SCC(=O)N1CCCc2ccccc21. The van der Waals surface area contributed by atoms with E-state index in [1.165, 1.54) is 17.3 Å². The summed E-state index contributed by atoms with van der Waals surface area (Å²) < 4.78 is 0. The highest BCUT2D eigenvalue weighted by Crippen LogP contribution is 2.28. The van der Waals surface area contributed by atoms with Crippen LogP contribution >= 0.6 is 11.8 Å². The number of amides is 1. The van der Waals surface area contributed by atoms with Gasteiger partial charge in [-0.2, -0.15) is 0 Å². The molecule has 1 aliphatic rings. The lowest BCUT2D eigenvalue weighted by molar-refractivity contribution is -0.116. The van der Waals surface area contributed by atoms with E-state index in [4.69, 9.17) is 0 Å². The summed E-state index contributed by atoms with van der Waals surface area (Å²) >= 11 is 1.52. The predicted octanol–water partition coefficient (Wildman–Crippen LogP) is 3.46. The van der Waals surface area contributed by atoms with Crippen molar-refractivity contribution in [1.29, 1.82) is 0 Å². The molecule has 1 aliphatic heterocycles. The molecule has 0 spiro atoms. The molecular weight excluding hydrogens is 280 g/mol. The number of aromatic nitrogens is 1. The standard InChI is InChI=1S/C17H18N2OS/c1-13-6-4-10-18-17(13)21-12-16(20)19-11-5-8-14-7-2-3-9-15(14)19/h2-4,6-7,9-10H,5,8,11-12H2,1H3. The van der Waals surface area contributed by atoms with Gasteiger partial charge < -0.3 is 4.90 Å². The number of fused-ring (bicyclic) bond motifs is 1. The third-order valence-electron chi connectivity index (χ3n) is 3.71. The number of benzene rings is 1. The van der Waals surface area contributed by atoms with Crippen LogP contribution in [0, 0.1) is 6.92 Å². The largest absolute Gasteiger partial charge is 0.311 e. The number of para-hydroxylation sites is 1. The van der Waals surface area contributed by atoms with Gasteiger partial charge in [-0.25, -0.2) is 4.98 Å². The molecular formula is C17H18N2OS. The van der Waals surface area contributed by atoms with Crippen LogP contribution in [-0.4, -0.2) is 23.2 Å². The van der Waals surface area contributed by atoms with Crippen molar-refractivity contribution in [2.24, 2.45) is 0 Å². The summed E-state index contributed by atoms with van der Waals surface area (Å²) in [7, 11) is 0. The lowest BCUT2D eigenvalue weighted by Gasteiger charge is -2.29. The maximum Gasteiger partial charge on any atom is 0.237 e. The molecule has 4 heteroatoms. The van der Waals surface area contributed by atoms with E-state index >= 15 is 0 Å². The van der Waals surface area contributed by atoms with Crippen molar-refractivity contribution in [3.63, 3.8) is 0 Å². The van der Waals surface area contributed by atoms with E-state index in [9.17, 15) is 4.79 Å². The summed E-state index contributed by atoms with van der Waals surface area (Å²) in [4.78, 5) is 18.8. The molecule has 0 N–H and O–H groups in total. The highest BCUT2D eigenvalue weighted by molar-refractivity contribution is 8.00. The fourth-order valence-electron chi connectivity index (χ4n) is 2.62. The first-order valence-electron chi connectivity index (χ1n) is 7.18. The number of thioether (sulfide) groups is 1. The van der Waals surface area contributed by atoms with Gasteiger partial charge in [0.15, 0.2) is 0 Å². The molecule has 2 heterocycles. The molecule has 0 fully saturated rings. The molecule has 21 heavy (non-hydrogen) atoms. The van der Waals surface area contributed by atoms with Gasteiger partial charge in [0.05, 0.1) is 10.8 Å². The Kier molecular flexibility index (Phi) is 4.25. The third-order valence-corrected chi connectivity index (χ3v) is 4.80. The number of rotatable bonds is 3. The minimum atomic E-state index is 0.164. The van der Waals surface area contributed by atoms with Gasteiger partial charge in [-0.15, -0.1) is 0 Å². The van der Waals surface area contributed by atoms with E-state index in [1.54, 1.807) is 6.20 Å². The molecule has 3 rings (SSSR count). The molecule has 0 saturated heterocycles. The van der Waals surface area contributed by atoms with Crippen molar-refractivity contribution in [3.8, 4) is 0 Å². The zero-order chi connectivity index (χ0) is 14.7. The van der Waals surface area contributed by atoms with Gasteiger partial charge in [-0.1, -0.05) is 36.0 Å². The predicted molar refractivity (Wildman–Crippen MR) is 86.8 cm³/mol. The normalized spacial score (nSPS) is 13.9. The average molecular weight is 298 g/mol. The highest BCUT2D eigenvalue weighted by Gasteiger charge is 2.22. The molecule has 3 nitrogen and oxygen atoms in total. The fraction of sp³-hybridized carbons (Fsp3) is 0.294. The summed E-state index contributed by atoms with van der Waals surface area (Å²) in [6, 6.07) is 12.1. The first kappa shape index (κ1) is 14.1. The molecule has 0 atom stereocenters. The van der Waals surface area contributed by atoms with Crippen molar-refractivity contribution >= 4 is 23.4 Å². The van der Waals surface area contributed by atoms with Crippen molar-refractivity contribution in [2.45, 2.75) is 24.8 Å². The molecule has 1 aromatic heterocycles. The van der Waals surface area contributed by atoms with Crippen LogP contribution in [0.25, 0.3) is 0 Å². The van der Waals surface area contributed by atoms with Gasteiger partial charge in [-0.05, 0) is 43.0 Å². The van der Waals surface area contributed by atoms with E-state index in [0.29, 0.717) is 5.75 Å². The zero-order valence-electron chi connectivity index (χ0n) is 12.1. The van der Waals surface area contributed by atoms with Crippen LogP contribution in [0.4, 0.5) is 5.69 Å². The van der Waals surface area contributed by atoms with E-state index in [-0.39, 0.29) is 5.91 Å². The third kappa shape index (κ3) is 3.10. The molecule has 108 valence electrons. The summed E-state index contributed by atoms with van der Waals surface area (Å²) in [6.07, 6.45) is 3.87. The number of nitrogens with zero attached hydrogens (tertiary/aromatic N) is 2. The number of carbonyl (C=O) groups is 1. The molecule has 0 aliphatic carbocycles. The Balaban J connectivity index is 1.71. The Labute approximate surface area is 129 Å². The number of pyridine rings is 1. The van der Waals surface area contributed by atoms with Crippen LogP contribution in [0.2, 0.25) is 0 Å². The van der Waals surface area contributed by atoms with Gasteiger partial charge in [0.2, 0.25) is 5.91 Å². The summed E-state index contributed by atoms with van der Waals surface area (Å²) in [6.45, 7) is 2.84. The van der Waals surface area contributed by atoms with Gasteiger partial charge in [-0.3, -0.25) is 4.79 Å². The lowest BCUT2D eigenvalue weighted by atomic mass is 10.0. The van der Waals surface area contributed by atoms with Crippen molar-refractivity contribution in [3.05, 3.63) is 53.7 Å². The molecule has 2 aromatic rings. The van der Waals surface area contributed by atoms with Crippen LogP contribution in [-0.2, 0) is 11.2 Å². The van der Waals surface area contributed by atoms with Crippen LogP contribution in [0.1, 0.15) is 17.5 Å². The van der Waals surface area contributed by atoms with E-state index in [0.717, 1.165) is 35.7 Å². The van der Waals surface area contributed by atoms with Crippen molar-refractivity contribution in [2.75, 3.05) is 17.2 Å². The minimum absolute atomic E-state index is 0.164. The second-order valence-corrected chi connectivity index (χ2v) is 6.16. The van der Waals surface area contributed by atoms with E-state index in [1.807, 2.05) is 42.2 Å². The van der Waals surface area contributed by atoms with Crippen molar-refractivity contribution in [1.82, 2.24) is 4.98 Å². The Bertz CT molecular complexity index is 657. The van der Waals surface area contributed by atoms with Gasteiger partial charge in [0.25, 0.3) is 0 Å². The van der Waals surface area contributed by atoms with E-state index < -0.39 is 0 Å². The topological polar surface area (TPSA) is 33.2 Å². The van der Waals surface area contributed by atoms with Gasteiger partial charge in [0, 0.05) is 18.4 Å². The maximum atomic E-state index is 12.5. The number of hydrogen-bond acceptors (Lipinski definition) is 3. The lowest BCUT2D eigenvalue weighted by Crippen LogP contribution is -2.36. The Morgan fingerprint density at radius 3 is 3.00 bits per heavy atom.